The number of carbonyl (C=O) groups is 1. The number of thiazole rings is 2. The minimum absolute atomic E-state index is 0.190. The summed E-state index contributed by atoms with van der Waals surface area (Å²) in [4.78, 5) is 23.6. The molecule has 130 valence electrons. The fourth-order valence-electron chi connectivity index (χ4n) is 3.06. The van der Waals surface area contributed by atoms with E-state index in [2.05, 4.69) is 27.2 Å². The van der Waals surface area contributed by atoms with Gasteiger partial charge in [-0.15, -0.1) is 22.7 Å². The van der Waals surface area contributed by atoms with Crippen LogP contribution >= 0.6 is 22.7 Å². The first-order valence-electron chi connectivity index (χ1n) is 8.17. The van der Waals surface area contributed by atoms with Crippen molar-refractivity contribution in [1.29, 1.82) is 0 Å². The molecular weight excluding hydrogens is 342 g/mol. The molecule has 1 aliphatic heterocycles. The summed E-state index contributed by atoms with van der Waals surface area (Å²) in [5.74, 6) is -0.354. The van der Waals surface area contributed by atoms with E-state index in [0.29, 0.717) is 6.04 Å². The number of rotatable bonds is 7. The van der Waals surface area contributed by atoms with E-state index in [4.69, 9.17) is 5.73 Å². The van der Waals surface area contributed by atoms with Crippen molar-refractivity contribution in [1.82, 2.24) is 14.9 Å². The summed E-state index contributed by atoms with van der Waals surface area (Å²) >= 11 is 3.11. The van der Waals surface area contributed by atoms with Crippen LogP contribution in [0.1, 0.15) is 30.0 Å². The summed E-state index contributed by atoms with van der Waals surface area (Å²) in [7, 11) is 2.20. The molecule has 2 aromatic rings. The number of carbonyl (C=O) groups excluding carboxylic acids is 1. The lowest BCUT2D eigenvalue weighted by atomic mass is 10.1. The van der Waals surface area contributed by atoms with E-state index >= 15 is 0 Å². The highest BCUT2D eigenvalue weighted by molar-refractivity contribution is 7.17. The van der Waals surface area contributed by atoms with Gasteiger partial charge in [0.1, 0.15) is 5.01 Å². The zero-order chi connectivity index (χ0) is 17.1. The summed E-state index contributed by atoms with van der Waals surface area (Å²) in [6, 6.07) is 0.692. The molecule has 1 atom stereocenters. The minimum atomic E-state index is -0.354. The number of hydrogen-bond donors (Lipinski definition) is 2. The van der Waals surface area contributed by atoms with Crippen LogP contribution in [0.2, 0.25) is 0 Å². The normalized spacial score (nSPS) is 18.2. The van der Waals surface area contributed by atoms with E-state index in [-0.39, 0.29) is 12.3 Å². The molecule has 6 nitrogen and oxygen atoms in total. The van der Waals surface area contributed by atoms with Crippen molar-refractivity contribution in [2.45, 2.75) is 38.6 Å². The molecule has 2 aromatic heterocycles. The lowest BCUT2D eigenvalue weighted by molar-refractivity contribution is -0.117. The van der Waals surface area contributed by atoms with Gasteiger partial charge < -0.3 is 16.0 Å². The number of aromatic nitrogens is 2. The molecule has 0 radical (unpaired) electrons. The second-order valence-corrected chi connectivity index (χ2v) is 8.14. The highest BCUT2D eigenvalue weighted by atomic mass is 32.1. The van der Waals surface area contributed by atoms with Gasteiger partial charge in [-0.2, -0.15) is 0 Å². The molecule has 0 saturated carbocycles. The smallest absolute Gasteiger partial charge is 0.224 e. The molecule has 1 saturated heterocycles. The van der Waals surface area contributed by atoms with Crippen molar-refractivity contribution < 1.29 is 4.79 Å². The van der Waals surface area contributed by atoms with Gasteiger partial charge in [0.15, 0.2) is 5.13 Å². The van der Waals surface area contributed by atoms with E-state index in [1.807, 2.05) is 12.3 Å². The van der Waals surface area contributed by atoms with E-state index in [1.54, 1.807) is 11.3 Å². The molecule has 8 heteroatoms. The van der Waals surface area contributed by atoms with Crippen molar-refractivity contribution in [2.24, 2.45) is 5.73 Å². The van der Waals surface area contributed by atoms with Gasteiger partial charge >= 0.3 is 0 Å². The summed E-state index contributed by atoms with van der Waals surface area (Å²) in [5.41, 5.74) is 7.07. The third-order valence-electron chi connectivity index (χ3n) is 4.33. The number of likely N-dealkylation sites (tertiary alicyclic amines) is 1. The van der Waals surface area contributed by atoms with E-state index in [9.17, 15) is 4.79 Å². The van der Waals surface area contributed by atoms with Crippen LogP contribution in [0.4, 0.5) is 5.13 Å². The average molecular weight is 366 g/mol. The second kappa shape index (κ2) is 7.58. The first kappa shape index (κ1) is 17.3. The number of anilines is 1. The molecular formula is C16H23N5OS2. The second-order valence-electron chi connectivity index (χ2n) is 6.20. The summed E-state index contributed by atoms with van der Waals surface area (Å²) in [6.07, 6.45) is 3.94. The molecule has 0 spiro atoms. The fourth-order valence-corrected chi connectivity index (χ4v) is 4.90. The maximum absolute atomic E-state index is 11.0. The zero-order valence-corrected chi connectivity index (χ0v) is 15.7. The lowest BCUT2D eigenvalue weighted by Crippen LogP contribution is -2.26. The van der Waals surface area contributed by atoms with Gasteiger partial charge in [0, 0.05) is 18.0 Å². The molecule has 0 aromatic carbocycles. The molecule has 1 unspecified atom stereocenters. The van der Waals surface area contributed by atoms with Crippen LogP contribution in [-0.4, -0.2) is 47.0 Å². The van der Waals surface area contributed by atoms with Gasteiger partial charge in [0.25, 0.3) is 0 Å². The Morgan fingerprint density at radius 1 is 1.50 bits per heavy atom. The Morgan fingerprint density at radius 3 is 3.04 bits per heavy atom. The third kappa shape index (κ3) is 4.12. The van der Waals surface area contributed by atoms with Crippen molar-refractivity contribution in [2.75, 3.05) is 25.5 Å². The predicted octanol–water partition coefficient (Wildman–Crippen LogP) is 2.50. The topological polar surface area (TPSA) is 84.1 Å². The molecule has 1 fully saturated rings. The van der Waals surface area contributed by atoms with Crippen molar-refractivity contribution >= 4 is 33.7 Å². The molecule has 24 heavy (non-hydrogen) atoms. The zero-order valence-electron chi connectivity index (χ0n) is 14.0. The number of nitrogens with one attached hydrogen (secondary N) is 1. The van der Waals surface area contributed by atoms with Crippen molar-refractivity contribution in [3.8, 4) is 10.6 Å². The van der Waals surface area contributed by atoms with Gasteiger partial charge in [-0.3, -0.25) is 4.79 Å². The summed E-state index contributed by atoms with van der Waals surface area (Å²) in [6.45, 7) is 4.10. The van der Waals surface area contributed by atoms with Gasteiger partial charge in [-0.25, -0.2) is 9.97 Å². The first-order valence-corrected chi connectivity index (χ1v) is 9.87. The quantitative estimate of drug-likeness (QED) is 0.787. The van der Waals surface area contributed by atoms with Gasteiger partial charge in [-0.05, 0) is 39.8 Å². The third-order valence-corrected chi connectivity index (χ3v) is 6.31. The Morgan fingerprint density at radius 2 is 2.33 bits per heavy atom. The van der Waals surface area contributed by atoms with Crippen LogP contribution in [-0.2, 0) is 11.2 Å². The Kier molecular flexibility index (Phi) is 5.47. The molecule has 0 aliphatic carbocycles. The average Bonchev–Trinajstić information content (AvgIpc) is 3.21. The van der Waals surface area contributed by atoms with Crippen LogP contribution in [0.15, 0.2) is 5.38 Å². The first-order chi connectivity index (χ1) is 11.5. The number of hydrogen-bond acceptors (Lipinski definition) is 7. The Hall–Kier alpha value is -1.51. The van der Waals surface area contributed by atoms with E-state index in [1.165, 1.54) is 30.7 Å². The number of aryl methyl sites for hydroxylation is 1. The monoisotopic (exact) mass is 365 g/mol. The molecule has 0 bridgehead atoms. The Bertz CT molecular complexity index is 711. The number of nitrogens with zero attached hydrogens (tertiary/aromatic N) is 3. The number of nitrogens with two attached hydrogens (primary N) is 1. The lowest BCUT2D eigenvalue weighted by Gasteiger charge is -2.19. The summed E-state index contributed by atoms with van der Waals surface area (Å²) in [5, 5.41) is 7.16. The standard InChI is InChI=1S/C16H23N5OS2/c1-10-15(24-14(19-10)8-13(17)22)12-9-23-16(20-12)18-6-5-11-4-3-7-21(11)2/h9,11H,3-8H2,1-2H3,(H2,17,22)(H,18,20). The highest BCUT2D eigenvalue weighted by Gasteiger charge is 2.20. The van der Waals surface area contributed by atoms with Crippen LogP contribution in [0.3, 0.4) is 0 Å². The van der Waals surface area contributed by atoms with Crippen molar-refractivity contribution in [3.63, 3.8) is 0 Å². The van der Waals surface area contributed by atoms with E-state index in [0.717, 1.165) is 39.4 Å². The highest BCUT2D eigenvalue weighted by Crippen LogP contribution is 2.32. The SMILES string of the molecule is Cc1nc(CC(N)=O)sc1-c1csc(NCCC2CCCN2C)n1. The number of primary amides is 1. The molecule has 3 N–H and O–H groups in total. The molecule has 1 amide bonds. The van der Waals surface area contributed by atoms with Crippen LogP contribution in [0.5, 0.6) is 0 Å². The van der Waals surface area contributed by atoms with Crippen LogP contribution in [0, 0.1) is 6.92 Å². The maximum atomic E-state index is 11.0. The van der Waals surface area contributed by atoms with Gasteiger partial charge in [0.2, 0.25) is 5.91 Å². The van der Waals surface area contributed by atoms with Crippen LogP contribution in [0.25, 0.3) is 10.6 Å². The largest absolute Gasteiger partial charge is 0.369 e. The molecule has 3 rings (SSSR count). The molecule has 1 aliphatic rings. The van der Waals surface area contributed by atoms with Crippen molar-refractivity contribution in [3.05, 3.63) is 16.1 Å². The Labute approximate surface area is 150 Å². The Balaban J connectivity index is 1.59. The molecule has 3 heterocycles. The van der Waals surface area contributed by atoms with Gasteiger partial charge in [-0.1, -0.05) is 0 Å². The van der Waals surface area contributed by atoms with Crippen LogP contribution < -0.4 is 11.1 Å². The maximum Gasteiger partial charge on any atom is 0.224 e. The summed E-state index contributed by atoms with van der Waals surface area (Å²) < 4.78 is 0. The predicted molar refractivity (Wildman–Crippen MR) is 99.6 cm³/mol. The van der Waals surface area contributed by atoms with Gasteiger partial charge in [0.05, 0.1) is 22.7 Å². The number of amides is 1. The minimum Gasteiger partial charge on any atom is -0.369 e. The van der Waals surface area contributed by atoms with E-state index < -0.39 is 0 Å². The fraction of sp³-hybridized carbons (Fsp3) is 0.562.